The van der Waals surface area contributed by atoms with Crippen LogP contribution in [-0.2, 0) is 9.84 Å². The van der Waals surface area contributed by atoms with Gasteiger partial charge in [-0.2, -0.15) is 0 Å². The second kappa shape index (κ2) is 3.82. The lowest BCUT2D eigenvalue weighted by molar-refractivity contribution is 0.274. The van der Waals surface area contributed by atoms with Crippen LogP contribution in [0.2, 0.25) is 0 Å². The van der Waals surface area contributed by atoms with Crippen LogP contribution in [0.3, 0.4) is 0 Å². The lowest BCUT2D eigenvalue weighted by Crippen LogP contribution is -2.08. The number of sulfone groups is 1. The number of aliphatic hydroxyl groups excluding tert-OH is 1. The van der Waals surface area contributed by atoms with Gasteiger partial charge in [0.2, 0.25) is 0 Å². The minimum Gasteiger partial charge on any atom is -0.396 e. The van der Waals surface area contributed by atoms with Gasteiger partial charge in [-0.15, -0.1) is 0 Å². The van der Waals surface area contributed by atoms with Crippen molar-refractivity contribution in [3.63, 3.8) is 0 Å². The van der Waals surface area contributed by atoms with Crippen LogP contribution in [0.1, 0.15) is 11.5 Å². The summed E-state index contributed by atoms with van der Waals surface area (Å²) in [6, 6.07) is 5.89. The molecule has 16 heavy (non-hydrogen) atoms. The number of hydrogen-bond donors (Lipinski definition) is 1. The average Bonchev–Trinajstić information content (AvgIpc) is 2.91. The molecule has 0 amide bonds. The van der Waals surface area contributed by atoms with Crippen molar-refractivity contribution in [1.29, 1.82) is 0 Å². The summed E-state index contributed by atoms with van der Waals surface area (Å²) in [5, 5.41) is 8.51. The van der Waals surface area contributed by atoms with Crippen molar-refractivity contribution in [1.82, 2.24) is 0 Å². The molecule has 0 heterocycles. The molecule has 0 unspecified atom stereocenters. The third kappa shape index (κ3) is 1.97. The Morgan fingerprint density at radius 1 is 1.44 bits per heavy atom. The van der Waals surface area contributed by atoms with E-state index in [4.69, 9.17) is 5.11 Å². The molecule has 1 fully saturated rings. The molecule has 2 rings (SSSR count). The maximum absolute atomic E-state index is 13.0. The van der Waals surface area contributed by atoms with E-state index in [0.717, 1.165) is 6.26 Å². The molecule has 3 atom stereocenters. The van der Waals surface area contributed by atoms with E-state index in [1.165, 1.54) is 12.1 Å². The Kier molecular flexibility index (Phi) is 2.75. The molecular weight excluding hydrogens is 231 g/mol. The van der Waals surface area contributed by atoms with Gasteiger partial charge in [0.15, 0.2) is 9.84 Å². The third-order valence-electron chi connectivity index (χ3n) is 3.04. The van der Waals surface area contributed by atoms with Crippen molar-refractivity contribution in [2.45, 2.75) is 11.2 Å². The van der Waals surface area contributed by atoms with Crippen LogP contribution in [0.4, 0.5) is 4.39 Å². The van der Waals surface area contributed by atoms with Crippen molar-refractivity contribution in [3.8, 4) is 0 Å². The first-order valence-electron chi connectivity index (χ1n) is 5.00. The van der Waals surface area contributed by atoms with E-state index in [9.17, 15) is 12.8 Å². The molecule has 0 bridgehead atoms. The molecule has 1 N–H and O–H groups in total. The van der Waals surface area contributed by atoms with Crippen LogP contribution >= 0.6 is 0 Å². The molecule has 0 aliphatic heterocycles. The molecule has 0 aromatic heterocycles. The summed E-state index contributed by atoms with van der Waals surface area (Å²) in [6.45, 7) is -0.182. The highest BCUT2D eigenvalue weighted by Crippen LogP contribution is 2.51. The summed E-state index contributed by atoms with van der Waals surface area (Å²) in [4.78, 5) is 0. The summed E-state index contributed by atoms with van der Waals surface area (Å²) in [5.41, 5.74) is 0.648. The van der Waals surface area contributed by atoms with Crippen molar-refractivity contribution in [2.24, 2.45) is 5.92 Å². The van der Waals surface area contributed by atoms with Crippen LogP contribution in [0, 0.1) is 11.7 Å². The van der Waals surface area contributed by atoms with Gasteiger partial charge >= 0.3 is 0 Å². The third-order valence-corrected chi connectivity index (χ3v) is 4.67. The number of aliphatic hydroxyl groups is 1. The first kappa shape index (κ1) is 11.5. The van der Waals surface area contributed by atoms with E-state index in [0.29, 0.717) is 5.56 Å². The Labute approximate surface area is 93.8 Å². The molecule has 1 saturated carbocycles. The van der Waals surface area contributed by atoms with Gasteiger partial charge < -0.3 is 5.11 Å². The molecule has 88 valence electrons. The molecule has 5 heteroatoms. The molecule has 0 spiro atoms. The van der Waals surface area contributed by atoms with Gasteiger partial charge in [0.25, 0.3) is 0 Å². The fourth-order valence-electron chi connectivity index (χ4n) is 2.29. The zero-order valence-corrected chi connectivity index (χ0v) is 9.61. The highest BCUT2D eigenvalue weighted by Gasteiger charge is 2.56. The Hall–Kier alpha value is -0.940. The minimum absolute atomic E-state index is 0.182. The van der Waals surface area contributed by atoms with Crippen LogP contribution in [-0.4, -0.2) is 31.6 Å². The van der Waals surface area contributed by atoms with Crippen LogP contribution < -0.4 is 0 Å². The van der Waals surface area contributed by atoms with Gasteiger partial charge in [-0.05, 0) is 17.7 Å². The fraction of sp³-hybridized carbons (Fsp3) is 0.455. The van der Waals surface area contributed by atoms with Gasteiger partial charge in [0.05, 0.1) is 5.25 Å². The maximum atomic E-state index is 13.0. The topological polar surface area (TPSA) is 54.4 Å². The predicted octanol–water partition coefficient (Wildman–Crippen LogP) is 0.945. The van der Waals surface area contributed by atoms with Crippen molar-refractivity contribution in [2.75, 3.05) is 12.9 Å². The second-order valence-corrected chi connectivity index (χ2v) is 6.42. The first-order chi connectivity index (χ1) is 7.45. The summed E-state index contributed by atoms with van der Waals surface area (Å²) in [5.74, 6) is -0.944. The second-order valence-electron chi connectivity index (χ2n) is 4.22. The highest BCUT2D eigenvalue weighted by atomic mass is 32.2. The summed E-state index contributed by atoms with van der Waals surface area (Å²) in [7, 11) is -3.18. The summed E-state index contributed by atoms with van der Waals surface area (Å²) in [6.07, 6.45) is 1.15. The van der Waals surface area contributed by atoms with Crippen LogP contribution in [0.15, 0.2) is 24.3 Å². The SMILES string of the molecule is CS(=O)(=O)[C@@H]1[C@@H](CO)[C@H]1c1cccc(F)c1. The molecule has 1 aliphatic rings. The Bertz CT molecular complexity index is 498. The van der Waals surface area contributed by atoms with Crippen molar-refractivity contribution < 1.29 is 17.9 Å². The zero-order chi connectivity index (χ0) is 11.9. The highest BCUT2D eigenvalue weighted by molar-refractivity contribution is 7.91. The fourth-order valence-corrected chi connectivity index (χ4v) is 3.99. The van der Waals surface area contributed by atoms with E-state index in [-0.39, 0.29) is 24.3 Å². The normalized spacial score (nSPS) is 29.1. The molecular formula is C11H13FO3S. The molecule has 1 aromatic carbocycles. The quantitative estimate of drug-likeness (QED) is 0.861. The Morgan fingerprint density at radius 2 is 2.12 bits per heavy atom. The largest absolute Gasteiger partial charge is 0.396 e. The van der Waals surface area contributed by atoms with E-state index in [2.05, 4.69) is 0 Å². The Balaban J connectivity index is 2.30. The number of rotatable bonds is 3. The van der Waals surface area contributed by atoms with Crippen molar-refractivity contribution >= 4 is 9.84 Å². The lowest BCUT2D eigenvalue weighted by atomic mass is 10.1. The van der Waals surface area contributed by atoms with E-state index in [1.807, 2.05) is 0 Å². The van der Waals surface area contributed by atoms with E-state index in [1.54, 1.807) is 12.1 Å². The minimum atomic E-state index is -3.18. The van der Waals surface area contributed by atoms with E-state index < -0.39 is 15.1 Å². The van der Waals surface area contributed by atoms with Gasteiger partial charge in [-0.1, -0.05) is 12.1 Å². The van der Waals surface area contributed by atoms with Crippen LogP contribution in [0.25, 0.3) is 0 Å². The monoisotopic (exact) mass is 244 g/mol. The van der Waals surface area contributed by atoms with E-state index >= 15 is 0 Å². The predicted molar refractivity (Wildman–Crippen MR) is 58.3 cm³/mol. The molecule has 0 radical (unpaired) electrons. The average molecular weight is 244 g/mol. The summed E-state index contributed by atoms with van der Waals surface area (Å²) < 4.78 is 35.9. The number of halogens is 1. The summed E-state index contributed by atoms with van der Waals surface area (Å²) >= 11 is 0. The number of hydrogen-bond acceptors (Lipinski definition) is 3. The molecule has 1 aromatic rings. The zero-order valence-electron chi connectivity index (χ0n) is 8.80. The Morgan fingerprint density at radius 3 is 2.56 bits per heavy atom. The van der Waals surface area contributed by atoms with Gasteiger partial charge in [0, 0.05) is 24.7 Å². The van der Waals surface area contributed by atoms with Crippen molar-refractivity contribution in [3.05, 3.63) is 35.6 Å². The van der Waals surface area contributed by atoms with Crippen LogP contribution in [0.5, 0.6) is 0 Å². The standard InChI is InChI=1S/C11H13FO3S/c1-16(14,15)11-9(6-13)10(11)7-3-2-4-8(12)5-7/h2-5,9-11,13H,6H2,1H3/t9-,10+,11+/m0/s1. The molecule has 3 nitrogen and oxygen atoms in total. The van der Waals surface area contributed by atoms with Gasteiger partial charge in [-0.3, -0.25) is 0 Å². The first-order valence-corrected chi connectivity index (χ1v) is 6.96. The molecule has 0 saturated heterocycles. The molecule has 1 aliphatic carbocycles. The number of benzene rings is 1. The van der Waals surface area contributed by atoms with Gasteiger partial charge in [-0.25, -0.2) is 12.8 Å². The maximum Gasteiger partial charge on any atom is 0.151 e. The van der Waals surface area contributed by atoms with Gasteiger partial charge in [0.1, 0.15) is 5.82 Å². The lowest BCUT2D eigenvalue weighted by Gasteiger charge is -1.99. The smallest absolute Gasteiger partial charge is 0.151 e.